The van der Waals surface area contributed by atoms with Crippen molar-refractivity contribution in [3.8, 4) is 0 Å². The maximum absolute atomic E-state index is 12.0. The number of hydrogen-bond donors (Lipinski definition) is 1. The van der Waals surface area contributed by atoms with Crippen molar-refractivity contribution >= 4 is 5.91 Å². The molecule has 0 radical (unpaired) electrons. The monoisotopic (exact) mass is 228 g/mol. The number of morpholine rings is 1. The van der Waals surface area contributed by atoms with Gasteiger partial charge in [-0.3, -0.25) is 4.79 Å². The molecule has 0 aliphatic carbocycles. The topological polar surface area (TPSA) is 55.6 Å². The fourth-order valence-corrected chi connectivity index (χ4v) is 2.05. The second-order valence-electron chi connectivity index (χ2n) is 5.01. The molecular weight excluding hydrogens is 204 g/mol. The van der Waals surface area contributed by atoms with Crippen LogP contribution in [0.3, 0.4) is 0 Å². The molecule has 0 aromatic carbocycles. The molecule has 1 heterocycles. The molecule has 1 fully saturated rings. The number of hydrogen-bond acceptors (Lipinski definition) is 3. The van der Waals surface area contributed by atoms with E-state index in [1.54, 1.807) is 0 Å². The highest BCUT2D eigenvalue weighted by molar-refractivity contribution is 5.77. The van der Waals surface area contributed by atoms with Crippen molar-refractivity contribution < 1.29 is 9.53 Å². The summed E-state index contributed by atoms with van der Waals surface area (Å²) < 4.78 is 5.40. The summed E-state index contributed by atoms with van der Waals surface area (Å²) >= 11 is 0. The second kappa shape index (κ2) is 6.21. The van der Waals surface area contributed by atoms with E-state index < -0.39 is 0 Å². The van der Waals surface area contributed by atoms with Crippen LogP contribution in [0.1, 0.15) is 39.5 Å². The van der Waals surface area contributed by atoms with Gasteiger partial charge in [0.05, 0.1) is 18.8 Å². The zero-order chi connectivity index (χ0) is 12.0. The molecule has 4 heteroatoms. The van der Waals surface area contributed by atoms with E-state index >= 15 is 0 Å². The van der Waals surface area contributed by atoms with Crippen molar-refractivity contribution in [1.29, 1.82) is 0 Å². The fraction of sp³-hybridized carbons (Fsp3) is 0.917. The molecule has 94 valence electrons. The minimum atomic E-state index is -0.150. The molecule has 0 spiro atoms. The third-order valence-corrected chi connectivity index (χ3v) is 3.04. The first-order chi connectivity index (χ1) is 7.58. The van der Waals surface area contributed by atoms with Crippen LogP contribution in [0.25, 0.3) is 0 Å². The Balaban J connectivity index is 2.34. The highest BCUT2D eigenvalue weighted by atomic mass is 16.5. The van der Waals surface area contributed by atoms with Gasteiger partial charge in [-0.05, 0) is 33.2 Å². The molecule has 0 unspecified atom stereocenters. The summed E-state index contributed by atoms with van der Waals surface area (Å²) in [6.07, 6.45) is 3.65. The molecule has 0 aromatic rings. The van der Waals surface area contributed by atoms with Crippen molar-refractivity contribution in [2.75, 3.05) is 26.3 Å². The standard InChI is InChI=1S/C12H24N2O2/c1-12(2)10-16-9-8-14(12)11(15)6-4-3-5-7-13/h3-10,13H2,1-2H3. The molecule has 16 heavy (non-hydrogen) atoms. The normalized spacial score (nSPS) is 19.8. The maximum atomic E-state index is 12.0. The van der Waals surface area contributed by atoms with Crippen LogP contribution >= 0.6 is 0 Å². The molecular formula is C12H24N2O2. The summed E-state index contributed by atoms with van der Waals surface area (Å²) in [5.74, 6) is 0.255. The van der Waals surface area contributed by atoms with Gasteiger partial charge in [0.2, 0.25) is 5.91 Å². The van der Waals surface area contributed by atoms with Crippen LogP contribution in [0, 0.1) is 0 Å². The van der Waals surface area contributed by atoms with E-state index in [-0.39, 0.29) is 11.4 Å². The van der Waals surface area contributed by atoms with Crippen LogP contribution in [-0.2, 0) is 9.53 Å². The molecule has 2 N–H and O–H groups in total. The van der Waals surface area contributed by atoms with E-state index in [4.69, 9.17) is 10.5 Å². The molecule has 1 aliphatic heterocycles. The van der Waals surface area contributed by atoms with Crippen molar-refractivity contribution in [1.82, 2.24) is 4.90 Å². The largest absolute Gasteiger partial charge is 0.377 e. The van der Waals surface area contributed by atoms with Gasteiger partial charge in [0.25, 0.3) is 0 Å². The summed E-state index contributed by atoms with van der Waals surface area (Å²) in [4.78, 5) is 14.0. The van der Waals surface area contributed by atoms with E-state index in [2.05, 4.69) is 13.8 Å². The zero-order valence-electron chi connectivity index (χ0n) is 10.5. The molecule has 1 saturated heterocycles. The number of rotatable bonds is 5. The molecule has 1 rings (SSSR count). The Morgan fingerprint density at radius 2 is 2.12 bits per heavy atom. The molecule has 1 aliphatic rings. The number of carbonyl (C=O) groups is 1. The van der Waals surface area contributed by atoms with Gasteiger partial charge in [-0.1, -0.05) is 6.42 Å². The highest BCUT2D eigenvalue weighted by Crippen LogP contribution is 2.20. The van der Waals surface area contributed by atoms with Crippen molar-refractivity contribution in [3.63, 3.8) is 0 Å². The number of nitrogens with zero attached hydrogens (tertiary/aromatic N) is 1. The third kappa shape index (κ3) is 3.76. The van der Waals surface area contributed by atoms with Gasteiger partial charge in [0.15, 0.2) is 0 Å². The number of carbonyl (C=O) groups excluding carboxylic acids is 1. The average Bonchev–Trinajstić information content (AvgIpc) is 2.23. The predicted molar refractivity (Wildman–Crippen MR) is 64.1 cm³/mol. The van der Waals surface area contributed by atoms with Gasteiger partial charge < -0.3 is 15.4 Å². The molecule has 0 saturated carbocycles. The van der Waals surface area contributed by atoms with Crippen molar-refractivity contribution in [3.05, 3.63) is 0 Å². The van der Waals surface area contributed by atoms with Crippen LogP contribution in [0.4, 0.5) is 0 Å². The van der Waals surface area contributed by atoms with Gasteiger partial charge in [0, 0.05) is 13.0 Å². The summed E-state index contributed by atoms with van der Waals surface area (Å²) in [5, 5.41) is 0. The lowest BCUT2D eigenvalue weighted by Crippen LogP contribution is -2.55. The SMILES string of the molecule is CC1(C)COCCN1C(=O)CCCCCN. The maximum Gasteiger partial charge on any atom is 0.223 e. The van der Waals surface area contributed by atoms with Crippen LogP contribution < -0.4 is 5.73 Å². The summed E-state index contributed by atoms with van der Waals surface area (Å²) in [6, 6.07) is 0. The Bertz CT molecular complexity index is 229. The van der Waals surface area contributed by atoms with E-state index in [9.17, 15) is 4.79 Å². The lowest BCUT2D eigenvalue weighted by Gasteiger charge is -2.42. The Morgan fingerprint density at radius 3 is 2.75 bits per heavy atom. The second-order valence-corrected chi connectivity index (χ2v) is 5.01. The number of ether oxygens (including phenoxy) is 1. The van der Waals surface area contributed by atoms with Crippen LogP contribution in [0.5, 0.6) is 0 Å². The van der Waals surface area contributed by atoms with E-state index in [0.29, 0.717) is 19.6 Å². The number of amides is 1. The van der Waals surface area contributed by atoms with Gasteiger partial charge >= 0.3 is 0 Å². The molecule has 4 nitrogen and oxygen atoms in total. The average molecular weight is 228 g/mol. The molecule has 1 amide bonds. The predicted octanol–water partition coefficient (Wildman–Crippen LogP) is 1.14. The van der Waals surface area contributed by atoms with Crippen molar-refractivity contribution in [2.24, 2.45) is 5.73 Å². The number of nitrogens with two attached hydrogens (primary N) is 1. The molecule has 0 aromatic heterocycles. The summed E-state index contributed by atoms with van der Waals surface area (Å²) in [6.45, 7) is 6.87. The number of unbranched alkanes of at least 4 members (excludes halogenated alkanes) is 2. The van der Waals surface area contributed by atoms with Crippen molar-refractivity contribution in [2.45, 2.75) is 45.1 Å². The molecule has 0 atom stereocenters. The smallest absolute Gasteiger partial charge is 0.223 e. The minimum absolute atomic E-state index is 0.150. The quantitative estimate of drug-likeness (QED) is 0.718. The summed E-state index contributed by atoms with van der Waals surface area (Å²) in [5.41, 5.74) is 5.27. The van der Waals surface area contributed by atoms with Crippen LogP contribution in [0.15, 0.2) is 0 Å². The first-order valence-electron chi connectivity index (χ1n) is 6.16. The van der Waals surface area contributed by atoms with Gasteiger partial charge in [-0.2, -0.15) is 0 Å². The highest BCUT2D eigenvalue weighted by Gasteiger charge is 2.33. The Morgan fingerprint density at radius 1 is 1.38 bits per heavy atom. The first-order valence-corrected chi connectivity index (χ1v) is 6.16. The van der Waals surface area contributed by atoms with E-state index in [1.807, 2.05) is 4.90 Å². The Hall–Kier alpha value is -0.610. The lowest BCUT2D eigenvalue weighted by molar-refractivity contribution is -0.146. The third-order valence-electron chi connectivity index (χ3n) is 3.04. The van der Waals surface area contributed by atoms with E-state index in [1.165, 1.54) is 0 Å². The van der Waals surface area contributed by atoms with Crippen LogP contribution in [-0.4, -0.2) is 42.6 Å². The Labute approximate surface area is 98.1 Å². The zero-order valence-corrected chi connectivity index (χ0v) is 10.5. The minimum Gasteiger partial charge on any atom is -0.377 e. The van der Waals surface area contributed by atoms with Crippen LogP contribution in [0.2, 0.25) is 0 Å². The summed E-state index contributed by atoms with van der Waals surface area (Å²) in [7, 11) is 0. The van der Waals surface area contributed by atoms with E-state index in [0.717, 1.165) is 32.4 Å². The van der Waals surface area contributed by atoms with Gasteiger partial charge in [-0.25, -0.2) is 0 Å². The Kier molecular flexibility index (Phi) is 5.22. The van der Waals surface area contributed by atoms with Gasteiger partial charge in [0.1, 0.15) is 0 Å². The van der Waals surface area contributed by atoms with Gasteiger partial charge in [-0.15, -0.1) is 0 Å². The first kappa shape index (κ1) is 13.5. The molecule has 0 bridgehead atoms. The lowest BCUT2D eigenvalue weighted by atomic mass is 10.0. The fourth-order valence-electron chi connectivity index (χ4n) is 2.05.